The van der Waals surface area contributed by atoms with Gasteiger partial charge in [-0.3, -0.25) is 4.79 Å². The first-order chi connectivity index (χ1) is 10.5. The summed E-state index contributed by atoms with van der Waals surface area (Å²) in [5.41, 5.74) is -0.345. The van der Waals surface area contributed by atoms with Gasteiger partial charge in [0.25, 0.3) is 0 Å². The molecule has 2 unspecified atom stereocenters. The Bertz CT molecular complexity index is 332. The Kier molecular flexibility index (Phi) is 9.93. The third kappa shape index (κ3) is 9.91. The Labute approximate surface area is 140 Å². The molecule has 2 atom stereocenters. The van der Waals surface area contributed by atoms with Gasteiger partial charge in [-0.1, -0.05) is 13.8 Å². The van der Waals surface area contributed by atoms with Crippen molar-refractivity contribution in [3.8, 4) is 0 Å². The first-order valence-electron chi connectivity index (χ1n) is 8.41. The normalized spacial score (nSPS) is 26.8. The quantitative estimate of drug-likeness (QED) is 0.570. The van der Waals surface area contributed by atoms with E-state index in [1.54, 1.807) is 13.8 Å². The fraction of sp³-hybridized carbons (Fsp3) is 0.941. The highest BCUT2D eigenvalue weighted by Crippen LogP contribution is 2.30. The van der Waals surface area contributed by atoms with Gasteiger partial charge in [-0.2, -0.15) is 9.78 Å². The van der Waals surface area contributed by atoms with E-state index in [1.807, 2.05) is 34.6 Å². The molecule has 0 aliphatic carbocycles. The second-order valence-electron chi connectivity index (χ2n) is 6.85. The SMILES string of the molecule is CC1CC(C)C(C)(C)OOC(C)(C)OO1.CCCC(=O)OCC. The van der Waals surface area contributed by atoms with Crippen molar-refractivity contribution in [2.24, 2.45) is 5.92 Å². The van der Waals surface area contributed by atoms with Gasteiger partial charge in [0.15, 0.2) is 0 Å². The minimum atomic E-state index is -0.879. The van der Waals surface area contributed by atoms with Gasteiger partial charge in [0, 0.05) is 6.42 Å². The second-order valence-corrected chi connectivity index (χ2v) is 6.85. The van der Waals surface area contributed by atoms with Crippen LogP contribution in [0.3, 0.4) is 0 Å². The fourth-order valence-corrected chi connectivity index (χ4v) is 1.76. The fourth-order valence-electron chi connectivity index (χ4n) is 1.76. The smallest absolute Gasteiger partial charge is 0.305 e. The van der Waals surface area contributed by atoms with Crippen LogP contribution in [-0.4, -0.2) is 30.1 Å². The summed E-state index contributed by atoms with van der Waals surface area (Å²) in [5.74, 6) is -0.643. The molecule has 0 bridgehead atoms. The van der Waals surface area contributed by atoms with Crippen LogP contribution in [-0.2, 0) is 29.1 Å². The molecule has 0 aromatic heterocycles. The lowest BCUT2D eigenvalue weighted by Crippen LogP contribution is -2.37. The summed E-state index contributed by atoms with van der Waals surface area (Å²) in [6.07, 6.45) is 2.32. The third-order valence-corrected chi connectivity index (χ3v) is 3.50. The number of esters is 1. The minimum Gasteiger partial charge on any atom is -0.466 e. The summed E-state index contributed by atoms with van der Waals surface area (Å²) in [6, 6.07) is 0. The van der Waals surface area contributed by atoms with Gasteiger partial charge in [0.1, 0.15) is 5.60 Å². The van der Waals surface area contributed by atoms with Gasteiger partial charge in [-0.25, -0.2) is 9.78 Å². The Hall–Kier alpha value is -0.690. The molecule has 1 heterocycles. The van der Waals surface area contributed by atoms with Gasteiger partial charge in [-0.15, -0.1) is 0 Å². The van der Waals surface area contributed by atoms with Gasteiger partial charge in [0.05, 0.1) is 12.7 Å². The summed E-state index contributed by atoms with van der Waals surface area (Å²) in [7, 11) is 0. The minimum absolute atomic E-state index is 0.0313. The van der Waals surface area contributed by atoms with E-state index < -0.39 is 5.79 Å². The first kappa shape index (κ1) is 22.3. The van der Waals surface area contributed by atoms with E-state index in [9.17, 15) is 4.79 Å². The van der Waals surface area contributed by atoms with Crippen LogP contribution in [0.15, 0.2) is 0 Å². The lowest BCUT2D eigenvalue weighted by atomic mass is 9.88. The van der Waals surface area contributed by atoms with E-state index in [1.165, 1.54) is 0 Å². The molecule has 0 N–H and O–H groups in total. The number of hydrogen-bond acceptors (Lipinski definition) is 6. The molecule has 1 rings (SSSR count). The predicted molar refractivity (Wildman–Crippen MR) is 87.3 cm³/mol. The largest absolute Gasteiger partial charge is 0.466 e. The van der Waals surface area contributed by atoms with Crippen LogP contribution < -0.4 is 0 Å². The van der Waals surface area contributed by atoms with Crippen molar-refractivity contribution in [2.75, 3.05) is 6.61 Å². The lowest BCUT2D eigenvalue weighted by Gasteiger charge is -2.31. The maximum atomic E-state index is 10.4. The van der Waals surface area contributed by atoms with Gasteiger partial charge in [0.2, 0.25) is 5.79 Å². The molecule has 23 heavy (non-hydrogen) atoms. The topological polar surface area (TPSA) is 63.2 Å². The summed E-state index contributed by atoms with van der Waals surface area (Å²) >= 11 is 0. The summed E-state index contributed by atoms with van der Waals surface area (Å²) in [6.45, 7) is 15.9. The van der Waals surface area contributed by atoms with Crippen molar-refractivity contribution >= 4 is 5.97 Å². The lowest BCUT2D eigenvalue weighted by molar-refractivity contribution is -0.520. The number of carbonyl (C=O) groups is 1. The summed E-state index contributed by atoms with van der Waals surface area (Å²) in [4.78, 5) is 31.5. The summed E-state index contributed by atoms with van der Waals surface area (Å²) < 4.78 is 4.64. The van der Waals surface area contributed by atoms with Crippen molar-refractivity contribution in [2.45, 2.75) is 92.1 Å². The van der Waals surface area contributed by atoms with Crippen LogP contribution in [0.5, 0.6) is 0 Å². The molecule has 0 aromatic carbocycles. The van der Waals surface area contributed by atoms with E-state index in [-0.39, 0.29) is 17.7 Å². The van der Waals surface area contributed by atoms with E-state index in [0.29, 0.717) is 18.9 Å². The molecule has 1 aliphatic rings. The molecule has 6 heteroatoms. The zero-order chi connectivity index (χ0) is 18.1. The molecule has 1 aliphatic heterocycles. The molecular formula is C17H34O6. The molecule has 1 fully saturated rings. The highest BCUT2D eigenvalue weighted by atomic mass is 17.3. The highest BCUT2D eigenvalue weighted by molar-refractivity contribution is 5.69. The maximum absolute atomic E-state index is 10.4. The van der Waals surface area contributed by atoms with Crippen LogP contribution in [0.1, 0.15) is 74.7 Å². The molecule has 0 amide bonds. The molecule has 138 valence electrons. The molecule has 1 saturated heterocycles. The molecular weight excluding hydrogens is 300 g/mol. The molecule has 0 radical (unpaired) electrons. The first-order valence-corrected chi connectivity index (χ1v) is 8.41. The van der Waals surface area contributed by atoms with Crippen molar-refractivity contribution in [3.05, 3.63) is 0 Å². The van der Waals surface area contributed by atoms with E-state index in [2.05, 4.69) is 11.7 Å². The van der Waals surface area contributed by atoms with Crippen LogP contribution in [0.25, 0.3) is 0 Å². The van der Waals surface area contributed by atoms with Gasteiger partial charge >= 0.3 is 5.97 Å². The zero-order valence-corrected chi connectivity index (χ0v) is 15.9. The standard InChI is InChI=1S/C11H22O4.C6H12O2/c1-8-7-9(2)12-14-11(5,6)15-13-10(8,3)4;1-3-5-6(7)8-4-2/h8-9H,7H2,1-6H3;3-5H2,1-2H3. The molecule has 0 spiro atoms. The number of hydrogen-bond donors (Lipinski definition) is 0. The Morgan fingerprint density at radius 1 is 1.09 bits per heavy atom. The number of ether oxygens (including phenoxy) is 1. The Morgan fingerprint density at radius 3 is 2.22 bits per heavy atom. The van der Waals surface area contributed by atoms with Crippen LogP contribution in [0.4, 0.5) is 0 Å². The summed E-state index contributed by atoms with van der Waals surface area (Å²) in [5, 5.41) is 0. The molecule has 0 saturated carbocycles. The highest BCUT2D eigenvalue weighted by Gasteiger charge is 2.36. The number of rotatable bonds is 3. The Morgan fingerprint density at radius 2 is 1.70 bits per heavy atom. The average molecular weight is 334 g/mol. The van der Waals surface area contributed by atoms with Crippen molar-refractivity contribution in [1.82, 2.24) is 0 Å². The monoisotopic (exact) mass is 334 g/mol. The van der Waals surface area contributed by atoms with E-state index in [4.69, 9.17) is 19.6 Å². The van der Waals surface area contributed by atoms with Gasteiger partial charge in [-0.05, 0) is 60.3 Å². The van der Waals surface area contributed by atoms with Crippen molar-refractivity contribution < 1.29 is 29.1 Å². The molecule has 6 nitrogen and oxygen atoms in total. The zero-order valence-electron chi connectivity index (χ0n) is 15.9. The van der Waals surface area contributed by atoms with Crippen molar-refractivity contribution in [3.63, 3.8) is 0 Å². The average Bonchev–Trinajstić information content (AvgIpc) is 2.47. The van der Waals surface area contributed by atoms with Crippen LogP contribution in [0.2, 0.25) is 0 Å². The maximum Gasteiger partial charge on any atom is 0.305 e. The molecule has 0 aromatic rings. The van der Waals surface area contributed by atoms with Crippen LogP contribution in [0, 0.1) is 5.92 Å². The van der Waals surface area contributed by atoms with E-state index in [0.717, 1.165) is 12.8 Å². The Balaban J connectivity index is 0.000000515. The van der Waals surface area contributed by atoms with Gasteiger partial charge < -0.3 is 4.74 Å². The third-order valence-electron chi connectivity index (χ3n) is 3.50. The van der Waals surface area contributed by atoms with Crippen molar-refractivity contribution in [1.29, 1.82) is 0 Å². The number of carbonyl (C=O) groups excluding carboxylic acids is 1. The second kappa shape index (κ2) is 10.2. The predicted octanol–water partition coefficient (Wildman–Crippen LogP) is 4.18. The van der Waals surface area contributed by atoms with E-state index >= 15 is 0 Å². The van der Waals surface area contributed by atoms with Crippen LogP contribution >= 0.6 is 0 Å².